The lowest BCUT2D eigenvalue weighted by atomic mass is 10.0. The van der Waals surface area contributed by atoms with Gasteiger partial charge in [-0.3, -0.25) is 4.79 Å². The van der Waals surface area contributed by atoms with Crippen LogP contribution in [0, 0.1) is 5.92 Å². The molecule has 0 atom stereocenters. The van der Waals surface area contributed by atoms with Crippen molar-refractivity contribution in [3.63, 3.8) is 0 Å². The van der Waals surface area contributed by atoms with Gasteiger partial charge in [-0.15, -0.1) is 0 Å². The molecule has 0 aliphatic heterocycles. The highest BCUT2D eigenvalue weighted by atomic mass is 16.1. The fourth-order valence-corrected chi connectivity index (χ4v) is 1.31. The minimum Gasteiger partial charge on any atom is -0.388 e. The van der Waals surface area contributed by atoms with Crippen molar-refractivity contribution in [3.05, 3.63) is 29.8 Å². The maximum atomic E-state index is 11.6. The fraction of sp³-hybridized carbons (Fsp3) is 0.417. The zero-order valence-electron chi connectivity index (χ0n) is 9.00. The summed E-state index contributed by atoms with van der Waals surface area (Å²) in [6.45, 7) is 4.11. The summed E-state index contributed by atoms with van der Waals surface area (Å²) < 4.78 is 0. The van der Waals surface area contributed by atoms with Crippen LogP contribution >= 0.6 is 0 Å². The van der Waals surface area contributed by atoms with Crippen molar-refractivity contribution in [2.75, 3.05) is 12.4 Å². The summed E-state index contributed by atoms with van der Waals surface area (Å²) in [5.41, 5.74) is 1.84. The Bertz CT molecular complexity index is 301. The van der Waals surface area contributed by atoms with Crippen LogP contribution in [0.4, 0.5) is 5.69 Å². The van der Waals surface area contributed by atoms with E-state index in [1.54, 1.807) is 0 Å². The lowest BCUT2D eigenvalue weighted by molar-refractivity contribution is 0.0968. The van der Waals surface area contributed by atoms with Gasteiger partial charge in [-0.2, -0.15) is 0 Å². The van der Waals surface area contributed by atoms with E-state index in [0.717, 1.165) is 11.3 Å². The number of nitrogens with one attached hydrogen (secondary N) is 1. The predicted octanol–water partition coefficient (Wildman–Crippen LogP) is 2.96. The van der Waals surface area contributed by atoms with Gasteiger partial charge in [0.15, 0.2) is 5.78 Å². The van der Waals surface area contributed by atoms with Gasteiger partial charge >= 0.3 is 0 Å². The van der Waals surface area contributed by atoms with Crippen LogP contribution in [0.2, 0.25) is 0 Å². The largest absolute Gasteiger partial charge is 0.388 e. The van der Waals surface area contributed by atoms with Crippen molar-refractivity contribution < 1.29 is 4.79 Å². The van der Waals surface area contributed by atoms with E-state index < -0.39 is 0 Å². The van der Waals surface area contributed by atoms with E-state index in [1.807, 2.05) is 31.3 Å². The van der Waals surface area contributed by atoms with Crippen molar-refractivity contribution >= 4 is 11.5 Å². The summed E-state index contributed by atoms with van der Waals surface area (Å²) in [5, 5.41) is 3.02. The minimum absolute atomic E-state index is 0.225. The van der Waals surface area contributed by atoms with E-state index in [4.69, 9.17) is 0 Å². The van der Waals surface area contributed by atoms with E-state index in [1.165, 1.54) is 0 Å². The number of hydrogen-bond acceptors (Lipinski definition) is 2. The molecule has 0 saturated carbocycles. The first-order valence-corrected chi connectivity index (χ1v) is 4.94. The Labute approximate surface area is 85.3 Å². The predicted molar refractivity (Wildman–Crippen MR) is 59.8 cm³/mol. The van der Waals surface area contributed by atoms with Crippen LogP contribution < -0.4 is 5.32 Å². The highest BCUT2D eigenvalue weighted by Crippen LogP contribution is 2.12. The number of ketones is 1. The van der Waals surface area contributed by atoms with Crippen molar-refractivity contribution in [1.29, 1.82) is 0 Å². The highest BCUT2D eigenvalue weighted by molar-refractivity contribution is 5.96. The molecule has 0 spiro atoms. The summed E-state index contributed by atoms with van der Waals surface area (Å²) >= 11 is 0. The first-order valence-electron chi connectivity index (χ1n) is 4.94. The Morgan fingerprint density at radius 1 is 1.29 bits per heavy atom. The topological polar surface area (TPSA) is 29.1 Å². The molecule has 1 aromatic rings. The second kappa shape index (κ2) is 4.80. The van der Waals surface area contributed by atoms with Gasteiger partial charge in [-0.25, -0.2) is 0 Å². The molecular formula is C12H17NO. The van der Waals surface area contributed by atoms with Gasteiger partial charge < -0.3 is 5.32 Å². The Hall–Kier alpha value is -1.31. The van der Waals surface area contributed by atoms with E-state index >= 15 is 0 Å². The van der Waals surface area contributed by atoms with E-state index in [0.29, 0.717) is 12.3 Å². The van der Waals surface area contributed by atoms with Crippen LogP contribution in [-0.4, -0.2) is 12.8 Å². The average molecular weight is 191 g/mol. The Balaban J connectivity index is 2.71. The molecule has 0 radical (unpaired) electrons. The zero-order chi connectivity index (χ0) is 10.6. The lowest BCUT2D eigenvalue weighted by Crippen LogP contribution is -2.03. The normalized spacial score (nSPS) is 10.3. The second-order valence-corrected chi connectivity index (χ2v) is 3.85. The number of Topliss-reactive ketones (excluding diaryl/α,β-unsaturated/α-hetero) is 1. The average Bonchev–Trinajstić information content (AvgIpc) is 2.17. The number of rotatable bonds is 4. The molecule has 76 valence electrons. The summed E-state index contributed by atoms with van der Waals surface area (Å²) in [5.74, 6) is 0.647. The van der Waals surface area contributed by atoms with Gasteiger partial charge in [0.05, 0.1) is 0 Å². The van der Waals surface area contributed by atoms with Crippen molar-refractivity contribution in [1.82, 2.24) is 0 Å². The lowest BCUT2D eigenvalue weighted by Gasteiger charge is -2.05. The maximum absolute atomic E-state index is 11.6. The quantitative estimate of drug-likeness (QED) is 0.741. The molecule has 2 nitrogen and oxygen atoms in total. The standard InChI is InChI=1S/C12H17NO/c1-9(2)8-12(14)10-4-6-11(13-3)7-5-10/h4-7,9,13H,8H2,1-3H3. The SMILES string of the molecule is CNc1ccc(C(=O)CC(C)C)cc1. The van der Waals surface area contributed by atoms with Crippen LogP contribution in [0.15, 0.2) is 24.3 Å². The summed E-state index contributed by atoms with van der Waals surface area (Å²) in [7, 11) is 1.87. The smallest absolute Gasteiger partial charge is 0.163 e. The van der Waals surface area contributed by atoms with Crippen molar-refractivity contribution in [3.8, 4) is 0 Å². The molecule has 0 bridgehead atoms. The molecule has 1 aromatic carbocycles. The summed E-state index contributed by atoms with van der Waals surface area (Å²) in [4.78, 5) is 11.6. The highest BCUT2D eigenvalue weighted by Gasteiger charge is 2.07. The van der Waals surface area contributed by atoms with Gasteiger partial charge in [0.25, 0.3) is 0 Å². The third kappa shape index (κ3) is 2.87. The number of carbonyl (C=O) groups excluding carboxylic acids is 1. The monoisotopic (exact) mass is 191 g/mol. The first kappa shape index (κ1) is 10.8. The van der Waals surface area contributed by atoms with Gasteiger partial charge in [0.2, 0.25) is 0 Å². The summed E-state index contributed by atoms with van der Waals surface area (Å²) in [6.07, 6.45) is 0.624. The van der Waals surface area contributed by atoms with Crippen LogP contribution in [0.5, 0.6) is 0 Å². The third-order valence-corrected chi connectivity index (χ3v) is 2.09. The van der Waals surface area contributed by atoms with Gasteiger partial charge in [0.1, 0.15) is 0 Å². The zero-order valence-corrected chi connectivity index (χ0v) is 9.00. The Morgan fingerprint density at radius 2 is 1.86 bits per heavy atom. The second-order valence-electron chi connectivity index (χ2n) is 3.85. The molecule has 0 amide bonds. The minimum atomic E-state index is 0.225. The summed E-state index contributed by atoms with van der Waals surface area (Å²) in [6, 6.07) is 7.59. The number of hydrogen-bond donors (Lipinski definition) is 1. The van der Waals surface area contributed by atoms with E-state index in [-0.39, 0.29) is 5.78 Å². The van der Waals surface area contributed by atoms with Crippen LogP contribution in [0.1, 0.15) is 30.6 Å². The maximum Gasteiger partial charge on any atom is 0.163 e. The van der Waals surface area contributed by atoms with E-state index in [9.17, 15) is 4.79 Å². The van der Waals surface area contributed by atoms with Crippen molar-refractivity contribution in [2.24, 2.45) is 5.92 Å². The molecule has 0 unspecified atom stereocenters. The van der Waals surface area contributed by atoms with Crippen LogP contribution in [0.25, 0.3) is 0 Å². The Kier molecular flexibility index (Phi) is 3.69. The molecule has 0 aliphatic rings. The molecule has 0 fully saturated rings. The molecule has 0 saturated heterocycles. The molecule has 1 rings (SSSR count). The molecule has 0 heterocycles. The fourth-order valence-electron chi connectivity index (χ4n) is 1.31. The van der Waals surface area contributed by atoms with Crippen molar-refractivity contribution in [2.45, 2.75) is 20.3 Å². The molecular weight excluding hydrogens is 174 g/mol. The number of anilines is 1. The molecule has 0 aliphatic carbocycles. The molecule has 1 N–H and O–H groups in total. The Morgan fingerprint density at radius 3 is 2.29 bits per heavy atom. The van der Waals surface area contributed by atoms with Gasteiger partial charge in [-0.1, -0.05) is 13.8 Å². The third-order valence-electron chi connectivity index (χ3n) is 2.09. The van der Waals surface area contributed by atoms with Crippen LogP contribution in [-0.2, 0) is 0 Å². The number of carbonyl (C=O) groups is 1. The molecule has 14 heavy (non-hydrogen) atoms. The first-order chi connectivity index (χ1) is 6.63. The van der Waals surface area contributed by atoms with Crippen LogP contribution in [0.3, 0.4) is 0 Å². The van der Waals surface area contributed by atoms with Gasteiger partial charge in [-0.05, 0) is 30.2 Å². The molecule has 0 aromatic heterocycles. The number of benzene rings is 1. The van der Waals surface area contributed by atoms with Gasteiger partial charge in [0, 0.05) is 24.7 Å². The van der Waals surface area contributed by atoms with E-state index in [2.05, 4.69) is 19.2 Å². The molecule has 2 heteroatoms.